The summed E-state index contributed by atoms with van der Waals surface area (Å²) in [5.41, 5.74) is 3.21. The number of rotatable bonds is 5. The second-order valence-electron chi connectivity index (χ2n) is 8.34. The first-order valence-electron chi connectivity index (χ1n) is 10.7. The highest BCUT2D eigenvalue weighted by Gasteiger charge is 2.39. The summed E-state index contributed by atoms with van der Waals surface area (Å²) in [4.78, 5) is 0.177. The van der Waals surface area contributed by atoms with Crippen molar-refractivity contribution in [3.8, 4) is 5.75 Å². The minimum Gasteiger partial charge on any atom is -0.496 e. The lowest BCUT2D eigenvalue weighted by atomic mass is 9.77. The van der Waals surface area contributed by atoms with Crippen LogP contribution in [0.25, 0.3) is 0 Å². The summed E-state index contributed by atoms with van der Waals surface area (Å²) in [5.74, 6) is 1.13. The number of anilines is 2. The lowest BCUT2D eigenvalue weighted by Crippen LogP contribution is -2.29. The van der Waals surface area contributed by atoms with Gasteiger partial charge >= 0.3 is 0 Å². The van der Waals surface area contributed by atoms with Gasteiger partial charge in [-0.15, -0.1) is 0 Å². The van der Waals surface area contributed by atoms with Gasteiger partial charge in [-0.2, -0.15) is 0 Å². The molecule has 2 aliphatic rings. The lowest BCUT2D eigenvalue weighted by Gasteiger charge is -2.38. The minimum absolute atomic E-state index is 0.0217. The Hall–Kier alpha value is -2.19. The number of hydrogen-bond acceptors (Lipinski definition) is 4. The lowest BCUT2D eigenvalue weighted by molar-refractivity contribution is 0.381. The van der Waals surface area contributed by atoms with Gasteiger partial charge in [-0.05, 0) is 72.5 Å². The van der Waals surface area contributed by atoms with Crippen molar-refractivity contribution >= 4 is 60.5 Å². The Morgan fingerprint density at radius 1 is 1.06 bits per heavy atom. The molecule has 3 atom stereocenters. The van der Waals surface area contributed by atoms with Crippen molar-refractivity contribution in [3.63, 3.8) is 0 Å². The zero-order chi connectivity index (χ0) is 24.0. The molecule has 2 N–H and O–H groups in total. The van der Waals surface area contributed by atoms with Gasteiger partial charge in [0.05, 0.1) is 28.8 Å². The minimum atomic E-state index is -3.85. The molecule has 34 heavy (non-hydrogen) atoms. The predicted molar refractivity (Wildman–Crippen MR) is 141 cm³/mol. The molecular formula is C25H21BrCl2N2O3S. The van der Waals surface area contributed by atoms with E-state index in [1.54, 1.807) is 31.4 Å². The molecular weight excluding hydrogens is 559 g/mol. The monoisotopic (exact) mass is 578 g/mol. The number of hydrogen-bond donors (Lipinski definition) is 2. The van der Waals surface area contributed by atoms with E-state index in [1.165, 1.54) is 6.07 Å². The van der Waals surface area contributed by atoms with Gasteiger partial charge in [0, 0.05) is 26.7 Å². The van der Waals surface area contributed by atoms with Crippen molar-refractivity contribution in [1.82, 2.24) is 0 Å². The Morgan fingerprint density at radius 2 is 1.88 bits per heavy atom. The van der Waals surface area contributed by atoms with Crippen LogP contribution in [-0.4, -0.2) is 15.5 Å². The molecule has 5 rings (SSSR count). The molecule has 1 aliphatic carbocycles. The van der Waals surface area contributed by atoms with E-state index in [0.717, 1.165) is 33.5 Å². The van der Waals surface area contributed by atoms with E-state index in [4.69, 9.17) is 27.9 Å². The molecule has 1 aliphatic heterocycles. The van der Waals surface area contributed by atoms with E-state index in [1.807, 2.05) is 18.2 Å². The molecule has 0 saturated heterocycles. The third-order valence-electron chi connectivity index (χ3n) is 6.35. The van der Waals surface area contributed by atoms with E-state index in [9.17, 15) is 8.42 Å². The second-order valence-corrected chi connectivity index (χ2v) is 11.8. The number of fused-ring (bicyclic) bond motifs is 3. The molecule has 0 bridgehead atoms. The van der Waals surface area contributed by atoms with Crippen LogP contribution < -0.4 is 14.8 Å². The fourth-order valence-corrected chi connectivity index (χ4v) is 6.78. The van der Waals surface area contributed by atoms with Crippen LogP contribution >= 0.6 is 39.1 Å². The molecule has 0 radical (unpaired) electrons. The first kappa shape index (κ1) is 23.5. The quantitative estimate of drug-likeness (QED) is 0.309. The van der Waals surface area contributed by atoms with E-state index >= 15 is 0 Å². The molecule has 0 spiro atoms. The highest BCUT2D eigenvalue weighted by Crippen LogP contribution is 2.51. The van der Waals surface area contributed by atoms with Crippen molar-refractivity contribution < 1.29 is 13.2 Å². The Kier molecular flexibility index (Phi) is 6.31. The van der Waals surface area contributed by atoms with Gasteiger partial charge in [-0.25, -0.2) is 8.42 Å². The fourth-order valence-electron chi connectivity index (χ4n) is 4.77. The number of sulfonamides is 1. The average Bonchev–Trinajstić information content (AvgIpc) is 3.30. The Bertz CT molecular complexity index is 1410. The molecule has 0 aromatic heterocycles. The third-order valence-corrected chi connectivity index (χ3v) is 8.75. The van der Waals surface area contributed by atoms with Crippen molar-refractivity contribution in [2.45, 2.75) is 23.3 Å². The van der Waals surface area contributed by atoms with E-state index < -0.39 is 10.0 Å². The molecule has 1 heterocycles. The first-order valence-corrected chi connectivity index (χ1v) is 13.7. The number of ether oxygens (including phenoxy) is 1. The second kappa shape index (κ2) is 9.11. The molecule has 176 valence electrons. The van der Waals surface area contributed by atoms with Crippen LogP contribution in [0.1, 0.15) is 29.5 Å². The van der Waals surface area contributed by atoms with Gasteiger partial charge in [0.25, 0.3) is 10.0 Å². The first-order chi connectivity index (χ1) is 16.3. The highest BCUT2D eigenvalue weighted by atomic mass is 79.9. The predicted octanol–water partition coefficient (Wildman–Crippen LogP) is 7.39. The molecule has 5 nitrogen and oxygen atoms in total. The summed E-state index contributed by atoms with van der Waals surface area (Å²) >= 11 is 15.7. The normalized spacial score (nSPS) is 20.9. The number of benzene rings is 3. The molecule has 0 unspecified atom stereocenters. The van der Waals surface area contributed by atoms with Crippen LogP contribution in [0.2, 0.25) is 10.0 Å². The molecule has 9 heteroatoms. The van der Waals surface area contributed by atoms with Gasteiger partial charge in [0.2, 0.25) is 0 Å². The van der Waals surface area contributed by atoms with Crippen molar-refractivity contribution in [1.29, 1.82) is 0 Å². The summed E-state index contributed by atoms with van der Waals surface area (Å²) in [6.45, 7) is 0. The molecule has 0 fully saturated rings. The maximum Gasteiger partial charge on any atom is 0.261 e. The zero-order valence-corrected chi connectivity index (χ0v) is 22.0. The van der Waals surface area contributed by atoms with Crippen LogP contribution in [0.3, 0.4) is 0 Å². The Morgan fingerprint density at radius 3 is 2.65 bits per heavy atom. The Labute approximate surface area is 217 Å². The number of methoxy groups -OCH3 is 1. The standard InChI is InChI=1S/C25H21BrCl2N2O3S/c1-33-24-10-5-14(26)11-20(24)25-18-4-2-3-17(18)19-13-16(7-9-22(19)29-25)34(31,32)30-23-8-6-15(27)12-21(23)28/h2-3,5-13,17-18,25,29-30H,4H2,1H3/t17-,18+,25-/m0/s1. The van der Waals surface area contributed by atoms with Gasteiger partial charge in [0.1, 0.15) is 5.75 Å². The number of nitrogens with one attached hydrogen (secondary N) is 2. The van der Waals surface area contributed by atoms with Crippen molar-refractivity contribution in [2.24, 2.45) is 5.92 Å². The third kappa shape index (κ3) is 4.31. The summed E-state index contributed by atoms with van der Waals surface area (Å²) in [6.07, 6.45) is 5.21. The van der Waals surface area contributed by atoms with Gasteiger partial charge in [-0.1, -0.05) is 51.3 Å². The average molecular weight is 580 g/mol. The van der Waals surface area contributed by atoms with Gasteiger partial charge < -0.3 is 10.1 Å². The summed E-state index contributed by atoms with van der Waals surface area (Å²) in [5, 5.41) is 4.31. The van der Waals surface area contributed by atoms with Crippen LogP contribution in [-0.2, 0) is 10.0 Å². The summed E-state index contributed by atoms with van der Waals surface area (Å²) < 4.78 is 35.5. The molecule has 0 amide bonds. The topological polar surface area (TPSA) is 67.4 Å². The van der Waals surface area contributed by atoms with Crippen molar-refractivity contribution in [2.75, 3.05) is 17.1 Å². The molecule has 3 aromatic carbocycles. The smallest absolute Gasteiger partial charge is 0.261 e. The van der Waals surface area contributed by atoms with Crippen LogP contribution in [0.5, 0.6) is 5.75 Å². The molecule has 3 aromatic rings. The number of allylic oxidation sites excluding steroid dienone is 2. The van der Waals surface area contributed by atoms with Gasteiger partial charge in [0.15, 0.2) is 0 Å². The van der Waals surface area contributed by atoms with Gasteiger partial charge in [-0.3, -0.25) is 4.72 Å². The van der Waals surface area contributed by atoms with E-state index in [-0.39, 0.29) is 33.5 Å². The van der Waals surface area contributed by atoms with Crippen LogP contribution in [0.4, 0.5) is 11.4 Å². The zero-order valence-electron chi connectivity index (χ0n) is 18.1. The van der Waals surface area contributed by atoms with Crippen molar-refractivity contribution in [3.05, 3.63) is 92.4 Å². The van der Waals surface area contributed by atoms with E-state index in [0.29, 0.717) is 5.02 Å². The van der Waals surface area contributed by atoms with Crippen LogP contribution in [0.15, 0.2) is 76.1 Å². The largest absolute Gasteiger partial charge is 0.496 e. The van der Waals surface area contributed by atoms with Crippen LogP contribution in [0, 0.1) is 5.92 Å². The SMILES string of the molecule is COc1ccc(Br)cc1[C@H]1Nc2ccc(S(=O)(=O)Nc3ccc(Cl)cc3Cl)cc2[C@H]2C=CC[C@H]21. The maximum absolute atomic E-state index is 13.2. The fraction of sp³-hybridized carbons (Fsp3) is 0.200. The summed E-state index contributed by atoms with van der Waals surface area (Å²) in [6, 6.07) is 15.8. The summed E-state index contributed by atoms with van der Waals surface area (Å²) in [7, 11) is -2.18. The van der Waals surface area contributed by atoms with E-state index in [2.05, 4.69) is 44.2 Å². The maximum atomic E-state index is 13.2. The number of halogens is 3. The Balaban J connectivity index is 1.51. The highest BCUT2D eigenvalue weighted by molar-refractivity contribution is 9.10. The molecule has 0 saturated carbocycles.